The maximum atomic E-state index is 15.1. The van der Waals surface area contributed by atoms with Crippen LogP contribution < -0.4 is 20.7 Å². The lowest BCUT2D eigenvalue weighted by Gasteiger charge is -2.53. The maximum absolute atomic E-state index is 15.1. The van der Waals surface area contributed by atoms with E-state index in [9.17, 15) is 14.4 Å². The van der Waals surface area contributed by atoms with Crippen molar-refractivity contribution in [2.75, 3.05) is 27.9 Å². The van der Waals surface area contributed by atoms with Crippen LogP contribution in [-0.2, 0) is 61.1 Å². The van der Waals surface area contributed by atoms with Crippen molar-refractivity contribution in [3.05, 3.63) is 193 Å². The molecule has 17 heteroatoms. The van der Waals surface area contributed by atoms with Crippen LogP contribution >= 0.6 is 0 Å². The molecule has 90 heavy (non-hydrogen) atoms. The Bertz CT molecular complexity index is 3180. The number of rotatable bonds is 26. The summed E-state index contributed by atoms with van der Waals surface area (Å²) in [5.41, 5.74) is 0.679. The SMILES string of the molecule is COC(C[C@@H]1O[C@H](C[C@@H](COC(=O)c2ccccc2)OC(=O)c2ccccc2)[C@H](OC)[C@H]1CC(=O)C[C@H]1CC[C@@H]2O[C@@H]3[C@@H](O[C@H](CC=O)[C@@H]3O[Si](c3ccccc3)(c3ccccc3)C(C)(C)C)[C@@H](O[Si](c3ccccc3)(c3ccccc3)C(C)(C)C)[C@H]2O1)OC. The zero-order chi connectivity index (χ0) is 63.6. The molecule has 4 fully saturated rings. The van der Waals surface area contributed by atoms with Crippen LogP contribution in [0.1, 0.15) is 107 Å². The molecule has 4 heterocycles. The minimum absolute atomic E-state index is 0.0478. The molecule has 0 unspecified atom stereocenters. The van der Waals surface area contributed by atoms with Gasteiger partial charge in [0.1, 0.15) is 55.3 Å². The van der Waals surface area contributed by atoms with Crippen LogP contribution in [0.25, 0.3) is 0 Å². The molecule has 0 spiro atoms. The van der Waals surface area contributed by atoms with Crippen molar-refractivity contribution >= 4 is 61.4 Å². The second-order valence-electron chi connectivity index (χ2n) is 26.2. The number of methoxy groups -OCH3 is 3. The van der Waals surface area contributed by atoms with Crippen molar-refractivity contribution < 1.29 is 70.7 Å². The Labute approximate surface area is 532 Å². The molecule has 0 radical (unpaired) electrons. The average molecular weight is 1260 g/mol. The smallest absolute Gasteiger partial charge is 0.338 e. The Kier molecular flexibility index (Phi) is 21.8. The van der Waals surface area contributed by atoms with Gasteiger partial charge in [0.05, 0.1) is 47.8 Å². The number of hydrogen-bond acceptors (Lipinski definition) is 15. The molecule has 4 aliphatic heterocycles. The number of benzene rings is 6. The average Bonchev–Trinajstić information content (AvgIpc) is 1.31. The standard InChI is InChI=1S/C73H88O15Si2/c1-72(2,3)89(54-32-20-12-21-33-54,55-34-22-13-23-35-55)87-66-60(42-43-74)86-68-67(66)85-59-41-40-52(82-65(59)69(68)88-90(73(4,5)6,56-36-24-14-25-37-56)57-38-26-15-27-39-57)44-51(75)45-58-61(47-63(78-7)79-8)84-62(64(58)80-9)46-53(83-71(77)50-30-18-11-19-31-50)48-81-70(76)49-28-16-10-17-29-49/h10-39,43,52-53,58-69H,40-42,44-48H2,1-9H3/t52-,53+,58+,59+,60-,61+,62-,64-,65+,66+,67+,68-,69+/m1/s1. The number of hydrogen-bond donors (Lipinski definition) is 0. The van der Waals surface area contributed by atoms with Gasteiger partial charge in [-0.15, -0.1) is 0 Å². The highest BCUT2D eigenvalue weighted by Crippen LogP contribution is 2.49. The normalized spacial score (nSPS) is 25.6. The van der Waals surface area contributed by atoms with Gasteiger partial charge in [-0.3, -0.25) is 4.79 Å². The van der Waals surface area contributed by atoms with Crippen LogP contribution in [0.3, 0.4) is 0 Å². The number of ether oxygens (including phenoxy) is 9. The lowest BCUT2D eigenvalue weighted by molar-refractivity contribution is -0.254. The first-order chi connectivity index (χ1) is 43.4. The van der Waals surface area contributed by atoms with Crippen molar-refractivity contribution in [1.29, 1.82) is 0 Å². The van der Waals surface area contributed by atoms with Gasteiger partial charge in [-0.05, 0) is 67.9 Å². The predicted octanol–water partition coefficient (Wildman–Crippen LogP) is 9.78. The molecule has 6 aromatic rings. The second kappa shape index (κ2) is 29.5. The first-order valence-electron chi connectivity index (χ1n) is 31.6. The first-order valence-corrected chi connectivity index (χ1v) is 35.5. The maximum Gasteiger partial charge on any atom is 0.338 e. The third-order valence-corrected chi connectivity index (χ3v) is 28.6. The van der Waals surface area contributed by atoms with E-state index in [1.807, 2.05) is 24.3 Å². The van der Waals surface area contributed by atoms with E-state index < -0.39 is 124 Å². The van der Waals surface area contributed by atoms with Gasteiger partial charge in [0.25, 0.3) is 16.6 Å². The second-order valence-corrected chi connectivity index (χ2v) is 34.7. The predicted molar refractivity (Wildman–Crippen MR) is 347 cm³/mol. The van der Waals surface area contributed by atoms with E-state index in [2.05, 4.69) is 139 Å². The van der Waals surface area contributed by atoms with Crippen LogP contribution in [0.5, 0.6) is 0 Å². The summed E-state index contributed by atoms with van der Waals surface area (Å²) in [5, 5.41) is 3.48. The van der Waals surface area contributed by atoms with Gasteiger partial charge < -0.3 is 56.3 Å². The van der Waals surface area contributed by atoms with E-state index in [1.165, 1.54) is 0 Å². The summed E-state index contributed by atoms with van der Waals surface area (Å²) in [6.45, 7) is 13.2. The molecular formula is C73H88O15Si2. The molecule has 4 saturated heterocycles. The topological polar surface area (TPSA) is 170 Å². The monoisotopic (exact) mass is 1260 g/mol. The highest BCUT2D eigenvalue weighted by molar-refractivity contribution is 7.00. The number of fused-ring (bicyclic) bond motifs is 2. The number of aldehydes is 1. The summed E-state index contributed by atoms with van der Waals surface area (Å²) in [5.74, 6) is -1.75. The molecule has 13 atom stereocenters. The van der Waals surface area contributed by atoms with Crippen molar-refractivity contribution in [3.8, 4) is 0 Å². The third kappa shape index (κ3) is 14.3. The summed E-state index contributed by atoms with van der Waals surface area (Å²) < 4.78 is 74.8. The molecule has 0 N–H and O–H groups in total. The van der Waals surface area contributed by atoms with Gasteiger partial charge >= 0.3 is 11.9 Å². The summed E-state index contributed by atoms with van der Waals surface area (Å²) in [6, 6.07) is 59.1. The van der Waals surface area contributed by atoms with Crippen molar-refractivity contribution in [3.63, 3.8) is 0 Å². The highest BCUT2D eigenvalue weighted by Gasteiger charge is 2.64. The van der Waals surface area contributed by atoms with Crippen LogP contribution in [0.2, 0.25) is 10.1 Å². The van der Waals surface area contributed by atoms with Gasteiger partial charge in [0.15, 0.2) is 6.29 Å². The van der Waals surface area contributed by atoms with Crippen LogP contribution in [0, 0.1) is 5.92 Å². The third-order valence-electron chi connectivity index (χ3n) is 18.5. The molecule has 10 rings (SSSR count). The quantitative estimate of drug-likeness (QED) is 0.0218. The Morgan fingerprint density at radius 2 is 0.978 bits per heavy atom. The van der Waals surface area contributed by atoms with Gasteiger partial charge in [-0.2, -0.15) is 0 Å². The Balaban J connectivity index is 0.968. The van der Waals surface area contributed by atoms with Gasteiger partial charge in [-0.25, -0.2) is 9.59 Å². The Hall–Kier alpha value is -6.33. The lowest BCUT2D eigenvalue weighted by atomic mass is 9.85. The molecule has 0 bridgehead atoms. The fraction of sp³-hybridized carbons (Fsp3) is 0.452. The number of ketones is 1. The van der Waals surface area contributed by atoms with E-state index in [0.717, 1.165) is 27.0 Å². The zero-order valence-electron chi connectivity index (χ0n) is 53.3. The zero-order valence-corrected chi connectivity index (χ0v) is 55.3. The molecule has 15 nitrogen and oxygen atoms in total. The van der Waals surface area contributed by atoms with Crippen molar-refractivity contribution in [1.82, 2.24) is 0 Å². The molecule has 0 saturated carbocycles. The molecule has 4 aliphatic rings. The molecule has 0 aromatic heterocycles. The van der Waals surface area contributed by atoms with Crippen LogP contribution in [0.4, 0.5) is 0 Å². The fourth-order valence-corrected chi connectivity index (χ4v) is 23.8. The molecule has 6 aromatic carbocycles. The summed E-state index contributed by atoms with van der Waals surface area (Å²) in [6.07, 6.45) is -6.53. The van der Waals surface area contributed by atoms with E-state index in [4.69, 9.17) is 51.5 Å². The largest absolute Gasteiger partial charge is 0.458 e. The number of Topliss-reactive ketones (excluding diaryl/α,β-unsaturated/α-hetero) is 1. The minimum atomic E-state index is -3.39. The minimum Gasteiger partial charge on any atom is -0.458 e. The summed E-state index contributed by atoms with van der Waals surface area (Å²) in [7, 11) is -2.00. The van der Waals surface area contributed by atoms with Crippen molar-refractivity contribution in [2.45, 2.75) is 176 Å². The van der Waals surface area contributed by atoms with Crippen LogP contribution in [-0.4, -0.2) is 148 Å². The summed E-state index contributed by atoms with van der Waals surface area (Å²) in [4.78, 5) is 55.1. The van der Waals surface area contributed by atoms with Gasteiger partial charge in [0.2, 0.25) is 0 Å². The lowest BCUT2D eigenvalue weighted by Crippen LogP contribution is -2.73. The molecule has 0 amide bonds. The van der Waals surface area contributed by atoms with Gasteiger partial charge in [0, 0.05) is 59.4 Å². The van der Waals surface area contributed by atoms with E-state index in [-0.39, 0.29) is 44.5 Å². The van der Waals surface area contributed by atoms with Crippen molar-refractivity contribution in [2.24, 2.45) is 5.92 Å². The highest BCUT2D eigenvalue weighted by atomic mass is 28.4. The fourth-order valence-electron chi connectivity index (χ4n) is 14.4. The van der Waals surface area contributed by atoms with E-state index in [1.54, 1.807) is 82.0 Å². The van der Waals surface area contributed by atoms with E-state index in [0.29, 0.717) is 24.0 Å². The first kappa shape index (κ1) is 66.6. The Morgan fingerprint density at radius 1 is 0.511 bits per heavy atom. The number of carbonyl (C=O) groups excluding carboxylic acids is 4. The number of carbonyl (C=O) groups is 4. The molecule has 0 aliphatic carbocycles. The van der Waals surface area contributed by atoms with Crippen LogP contribution in [0.15, 0.2) is 182 Å². The van der Waals surface area contributed by atoms with E-state index >= 15 is 4.79 Å². The van der Waals surface area contributed by atoms with Gasteiger partial charge in [-0.1, -0.05) is 199 Å². The summed E-state index contributed by atoms with van der Waals surface area (Å²) >= 11 is 0. The Morgan fingerprint density at radius 3 is 1.44 bits per heavy atom. The molecular weight excluding hydrogens is 1170 g/mol. The number of esters is 2. The molecule has 478 valence electrons.